The third kappa shape index (κ3) is 5.76. The number of rotatable bonds is 8. The first-order chi connectivity index (χ1) is 10.6. The van der Waals surface area contributed by atoms with Crippen LogP contribution in [0.2, 0.25) is 0 Å². The molecule has 0 radical (unpaired) electrons. The second kappa shape index (κ2) is 8.28. The zero-order valence-corrected chi connectivity index (χ0v) is 13.9. The van der Waals surface area contributed by atoms with Crippen molar-refractivity contribution in [1.82, 2.24) is 5.09 Å². The maximum Gasteiger partial charge on any atom is 0.267 e. The fourth-order valence-corrected chi connectivity index (χ4v) is 4.02. The van der Waals surface area contributed by atoms with Gasteiger partial charge in [0, 0.05) is 12.2 Å². The standard InChI is InChI=1S/C18H24NO2P/c1-16(18-13-6-3-7-14-18)19-22(20,21)15-9-8-12-17-10-4-2-5-11-17/h2-7,10-11,13-14,16H,8-9,12,15H2,1H3,(H2,19,20,21). The fraction of sp³-hybridized carbons (Fsp3) is 0.333. The molecule has 0 bridgehead atoms. The van der Waals surface area contributed by atoms with Crippen molar-refractivity contribution in [2.75, 3.05) is 6.16 Å². The van der Waals surface area contributed by atoms with Crippen molar-refractivity contribution in [1.29, 1.82) is 0 Å². The third-order valence-electron chi connectivity index (χ3n) is 3.71. The van der Waals surface area contributed by atoms with E-state index in [1.165, 1.54) is 5.56 Å². The van der Waals surface area contributed by atoms with Crippen LogP contribution >= 0.6 is 7.52 Å². The molecule has 2 aromatic rings. The van der Waals surface area contributed by atoms with Gasteiger partial charge in [0.1, 0.15) is 0 Å². The predicted octanol–water partition coefficient (Wildman–Crippen LogP) is 4.55. The summed E-state index contributed by atoms with van der Waals surface area (Å²) in [7, 11) is -3.29. The van der Waals surface area contributed by atoms with Crippen LogP contribution in [0.25, 0.3) is 0 Å². The zero-order chi connectivity index (χ0) is 15.8. The van der Waals surface area contributed by atoms with Crippen LogP contribution in [-0.4, -0.2) is 11.1 Å². The van der Waals surface area contributed by atoms with Crippen LogP contribution in [0.3, 0.4) is 0 Å². The summed E-state index contributed by atoms with van der Waals surface area (Å²) in [6.45, 7) is 1.92. The molecule has 0 amide bonds. The van der Waals surface area contributed by atoms with Crippen molar-refractivity contribution in [3.05, 3.63) is 71.8 Å². The molecule has 0 heterocycles. The second-order valence-corrected chi connectivity index (χ2v) is 7.74. The van der Waals surface area contributed by atoms with E-state index in [4.69, 9.17) is 0 Å². The lowest BCUT2D eigenvalue weighted by atomic mass is 10.1. The van der Waals surface area contributed by atoms with Crippen molar-refractivity contribution >= 4 is 7.52 Å². The van der Waals surface area contributed by atoms with Gasteiger partial charge in [-0.05, 0) is 37.3 Å². The van der Waals surface area contributed by atoms with E-state index < -0.39 is 7.52 Å². The van der Waals surface area contributed by atoms with Crippen LogP contribution in [-0.2, 0) is 11.0 Å². The highest BCUT2D eigenvalue weighted by molar-refractivity contribution is 7.55. The Hall–Kier alpha value is -1.41. The number of aryl methyl sites for hydroxylation is 1. The maximum atomic E-state index is 12.3. The molecule has 2 unspecified atom stereocenters. The highest BCUT2D eigenvalue weighted by Crippen LogP contribution is 2.39. The molecule has 0 aliphatic rings. The Kier molecular flexibility index (Phi) is 6.38. The first-order valence-electron chi connectivity index (χ1n) is 7.75. The van der Waals surface area contributed by atoms with Gasteiger partial charge in [-0.1, -0.05) is 60.7 Å². The third-order valence-corrected chi connectivity index (χ3v) is 5.43. The number of hydrogen-bond acceptors (Lipinski definition) is 1. The minimum absolute atomic E-state index is 0.119. The molecule has 2 atom stereocenters. The van der Waals surface area contributed by atoms with Gasteiger partial charge < -0.3 is 4.89 Å². The predicted molar refractivity (Wildman–Crippen MR) is 92.1 cm³/mol. The minimum atomic E-state index is -3.29. The molecular formula is C18H24NO2P. The van der Waals surface area contributed by atoms with Gasteiger partial charge in [0.05, 0.1) is 0 Å². The van der Waals surface area contributed by atoms with Crippen LogP contribution in [0.1, 0.15) is 36.9 Å². The summed E-state index contributed by atoms with van der Waals surface area (Å²) < 4.78 is 12.3. The Morgan fingerprint density at radius 2 is 1.59 bits per heavy atom. The van der Waals surface area contributed by atoms with Gasteiger partial charge in [0.25, 0.3) is 7.52 Å². The van der Waals surface area contributed by atoms with Gasteiger partial charge in [0.15, 0.2) is 0 Å². The molecule has 0 saturated carbocycles. The molecule has 0 spiro atoms. The van der Waals surface area contributed by atoms with Crippen LogP contribution in [0.15, 0.2) is 60.7 Å². The molecule has 2 N–H and O–H groups in total. The van der Waals surface area contributed by atoms with E-state index in [1.54, 1.807) is 0 Å². The molecular weight excluding hydrogens is 293 g/mol. The average Bonchev–Trinajstić information content (AvgIpc) is 2.53. The van der Waals surface area contributed by atoms with Gasteiger partial charge in [-0.2, -0.15) is 0 Å². The molecule has 4 heteroatoms. The van der Waals surface area contributed by atoms with Crippen LogP contribution in [0.5, 0.6) is 0 Å². The largest absolute Gasteiger partial charge is 0.333 e. The topological polar surface area (TPSA) is 49.3 Å². The molecule has 0 aliphatic carbocycles. The first kappa shape index (κ1) is 17.0. The molecule has 0 fully saturated rings. The van der Waals surface area contributed by atoms with Gasteiger partial charge >= 0.3 is 0 Å². The lowest BCUT2D eigenvalue weighted by Crippen LogP contribution is -2.17. The summed E-state index contributed by atoms with van der Waals surface area (Å²) in [6.07, 6.45) is 2.94. The van der Waals surface area contributed by atoms with E-state index in [2.05, 4.69) is 17.2 Å². The molecule has 22 heavy (non-hydrogen) atoms. The number of benzene rings is 2. The maximum absolute atomic E-state index is 12.3. The molecule has 0 aliphatic heterocycles. The SMILES string of the molecule is CC(NP(=O)(O)CCCCc1ccccc1)c1ccccc1. The molecule has 0 saturated heterocycles. The van der Waals surface area contributed by atoms with Crippen molar-refractivity contribution in [3.63, 3.8) is 0 Å². The summed E-state index contributed by atoms with van der Waals surface area (Å²) in [6, 6.07) is 19.9. The molecule has 0 aromatic heterocycles. The lowest BCUT2D eigenvalue weighted by Gasteiger charge is -2.19. The van der Waals surface area contributed by atoms with Crippen molar-refractivity contribution in [2.45, 2.75) is 32.2 Å². The highest BCUT2D eigenvalue weighted by Gasteiger charge is 2.20. The van der Waals surface area contributed by atoms with Gasteiger partial charge in [-0.3, -0.25) is 4.57 Å². The van der Waals surface area contributed by atoms with E-state index in [0.717, 1.165) is 24.8 Å². The van der Waals surface area contributed by atoms with Crippen molar-refractivity contribution < 1.29 is 9.46 Å². The summed E-state index contributed by atoms with van der Waals surface area (Å²) >= 11 is 0. The van der Waals surface area contributed by atoms with E-state index in [9.17, 15) is 9.46 Å². The average molecular weight is 317 g/mol. The summed E-state index contributed by atoms with van der Waals surface area (Å²) in [5.41, 5.74) is 2.31. The normalized spacial score (nSPS) is 15.2. The molecule has 2 aromatic carbocycles. The second-order valence-electron chi connectivity index (χ2n) is 5.63. The molecule has 2 rings (SSSR count). The number of hydrogen-bond donors (Lipinski definition) is 2. The van der Waals surface area contributed by atoms with E-state index in [0.29, 0.717) is 6.16 Å². The lowest BCUT2D eigenvalue weighted by molar-refractivity contribution is 0.450. The first-order valence-corrected chi connectivity index (χ1v) is 9.60. The Balaban J connectivity index is 1.75. The van der Waals surface area contributed by atoms with E-state index in [-0.39, 0.29) is 6.04 Å². The van der Waals surface area contributed by atoms with Gasteiger partial charge in [-0.25, -0.2) is 5.09 Å². The van der Waals surface area contributed by atoms with E-state index in [1.807, 2.05) is 55.5 Å². The monoisotopic (exact) mass is 317 g/mol. The number of nitrogens with one attached hydrogen (secondary N) is 1. The van der Waals surface area contributed by atoms with Crippen LogP contribution < -0.4 is 5.09 Å². The highest BCUT2D eigenvalue weighted by atomic mass is 31.2. The minimum Gasteiger partial charge on any atom is -0.333 e. The van der Waals surface area contributed by atoms with Gasteiger partial charge in [-0.15, -0.1) is 0 Å². The Bertz CT molecular complexity index is 601. The Labute approximate surface area is 132 Å². The summed E-state index contributed by atoms with van der Waals surface area (Å²) in [5, 5.41) is 2.88. The quantitative estimate of drug-likeness (QED) is 0.555. The van der Waals surface area contributed by atoms with Crippen molar-refractivity contribution in [3.8, 4) is 0 Å². The Morgan fingerprint density at radius 1 is 1.00 bits per heavy atom. The van der Waals surface area contributed by atoms with Crippen LogP contribution in [0, 0.1) is 0 Å². The number of unbranched alkanes of at least 4 members (excludes halogenated alkanes) is 1. The fourth-order valence-electron chi connectivity index (χ4n) is 2.48. The summed E-state index contributed by atoms with van der Waals surface area (Å²) in [5.74, 6) is 0. The van der Waals surface area contributed by atoms with Crippen molar-refractivity contribution in [2.24, 2.45) is 0 Å². The van der Waals surface area contributed by atoms with E-state index >= 15 is 0 Å². The van der Waals surface area contributed by atoms with Crippen LogP contribution in [0.4, 0.5) is 0 Å². The smallest absolute Gasteiger partial charge is 0.267 e. The van der Waals surface area contributed by atoms with Gasteiger partial charge in [0.2, 0.25) is 0 Å². The molecule has 118 valence electrons. The molecule has 3 nitrogen and oxygen atoms in total. The zero-order valence-electron chi connectivity index (χ0n) is 13.0. The Morgan fingerprint density at radius 3 is 2.23 bits per heavy atom. The summed E-state index contributed by atoms with van der Waals surface area (Å²) in [4.78, 5) is 10.1.